The normalized spacial score (nSPS) is 27.4. The van der Waals surface area contributed by atoms with Crippen molar-refractivity contribution in [2.24, 2.45) is 5.41 Å². The zero-order valence-electron chi connectivity index (χ0n) is 19.6. The fourth-order valence-corrected chi connectivity index (χ4v) is 6.07. The van der Waals surface area contributed by atoms with E-state index in [0.717, 1.165) is 28.7 Å². The van der Waals surface area contributed by atoms with Crippen molar-refractivity contribution in [2.75, 3.05) is 19.8 Å². The van der Waals surface area contributed by atoms with Crippen LogP contribution >= 0.6 is 0 Å². The van der Waals surface area contributed by atoms with E-state index in [1.807, 2.05) is 12.1 Å². The number of nitrogens with zero attached hydrogens (tertiary/aromatic N) is 4. The van der Waals surface area contributed by atoms with Crippen molar-refractivity contribution >= 4 is 0 Å². The summed E-state index contributed by atoms with van der Waals surface area (Å²) < 4.78 is 72.3. The first-order valence-electron chi connectivity index (χ1n) is 11.8. The molecule has 3 saturated carbocycles. The Morgan fingerprint density at radius 1 is 1.05 bits per heavy atom. The van der Waals surface area contributed by atoms with Crippen LogP contribution in [-0.2, 0) is 22.3 Å². The molecule has 2 aromatic carbocycles. The molecular weight excluding hydrogens is 496 g/mol. The van der Waals surface area contributed by atoms with E-state index >= 15 is 8.78 Å². The van der Waals surface area contributed by atoms with Crippen molar-refractivity contribution < 1.29 is 37.2 Å². The molecule has 12 heteroatoms. The van der Waals surface area contributed by atoms with Crippen molar-refractivity contribution in [3.63, 3.8) is 0 Å². The third-order valence-corrected chi connectivity index (χ3v) is 8.09. The fourth-order valence-electron chi connectivity index (χ4n) is 6.07. The number of hydrogen-bond donors (Lipinski definition) is 2. The number of hydrogen-bond acceptors (Lipinski definition) is 7. The van der Waals surface area contributed by atoms with Crippen molar-refractivity contribution in [1.29, 1.82) is 0 Å². The van der Waals surface area contributed by atoms with Gasteiger partial charge in [0, 0.05) is 17.0 Å². The summed E-state index contributed by atoms with van der Waals surface area (Å²) in [6.45, 7) is -0.293. The van der Waals surface area contributed by atoms with Gasteiger partial charge in [-0.15, -0.1) is 5.10 Å². The van der Waals surface area contributed by atoms with Crippen LogP contribution < -0.4 is 4.74 Å². The Hall–Kier alpha value is -3.09. The van der Waals surface area contributed by atoms with E-state index in [-0.39, 0.29) is 39.1 Å². The second-order valence-corrected chi connectivity index (χ2v) is 10.7. The monoisotopic (exact) mass is 520 g/mol. The molecule has 2 bridgehead atoms. The number of benzene rings is 2. The zero-order valence-corrected chi connectivity index (χ0v) is 19.6. The highest BCUT2D eigenvalue weighted by molar-refractivity contribution is 5.44. The van der Waals surface area contributed by atoms with Gasteiger partial charge in [0.1, 0.15) is 35.9 Å². The van der Waals surface area contributed by atoms with Gasteiger partial charge in [0.05, 0.1) is 19.8 Å². The van der Waals surface area contributed by atoms with Crippen LogP contribution in [0.5, 0.6) is 5.75 Å². The Balaban J connectivity index is 1.22. The topological polar surface area (TPSA) is 103 Å². The highest BCUT2D eigenvalue weighted by Gasteiger charge is 2.82. The second kappa shape index (κ2) is 7.95. The quantitative estimate of drug-likeness (QED) is 0.419. The number of alkyl halides is 2. The van der Waals surface area contributed by atoms with Crippen LogP contribution in [0.3, 0.4) is 0 Å². The standard InChI is InChI=1S/C25H24F4N4O4/c26-17-3-6-19(20(27)7-17)24(35,11-33-15-30-31-32-33)25(28,29)22-8-21(9-22,10-22)16-1-4-18(5-2-16)37-14-23(34)12-36-13-23/h1-7,15,34-35H,8-14H2/t21?,22?,24-/m1/s1. The maximum atomic E-state index is 16.3. The van der Waals surface area contributed by atoms with Crippen molar-refractivity contribution in [2.45, 2.75) is 48.3 Å². The lowest BCUT2D eigenvalue weighted by molar-refractivity contribution is -0.347. The molecule has 1 aliphatic heterocycles. The number of rotatable bonds is 9. The molecule has 0 spiro atoms. The fraction of sp³-hybridized carbons (Fsp3) is 0.480. The van der Waals surface area contributed by atoms with Gasteiger partial charge in [0.25, 0.3) is 5.92 Å². The average Bonchev–Trinajstić information content (AvgIpc) is 3.28. The number of halogens is 4. The first kappa shape index (κ1) is 24.3. The minimum absolute atomic E-state index is 0.0883. The molecule has 4 aliphatic rings. The Morgan fingerprint density at radius 3 is 2.32 bits per heavy atom. The lowest BCUT2D eigenvalue weighted by Crippen LogP contribution is -2.76. The SMILES string of the molecule is OC1(COc2ccc(C34CC(C(F)(F)[C@@](O)(Cn5cnnn5)c5ccc(F)cc5F)(C3)C4)cc2)COC1. The Morgan fingerprint density at radius 2 is 1.76 bits per heavy atom. The van der Waals surface area contributed by atoms with Gasteiger partial charge in [0.2, 0.25) is 0 Å². The summed E-state index contributed by atoms with van der Waals surface area (Å²) in [6, 6.07) is 9.23. The molecule has 3 aromatic rings. The molecule has 4 fully saturated rings. The molecule has 37 heavy (non-hydrogen) atoms. The molecule has 1 atom stereocenters. The Kier molecular flexibility index (Phi) is 5.21. The summed E-state index contributed by atoms with van der Waals surface area (Å²) in [5.74, 6) is -5.46. The molecular formula is C25H24F4N4O4. The summed E-state index contributed by atoms with van der Waals surface area (Å²) in [6.07, 6.45) is 1.31. The highest BCUT2D eigenvalue weighted by Crippen LogP contribution is 2.80. The average molecular weight is 520 g/mol. The van der Waals surface area contributed by atoms with E-state index in [0.29, 0.717) is 11.8 Å². The lowest BCUT2D eigenvalue weighted by atomic mass is 9.30. The first-order valence-corrected chi connectivity index (χ1v) is 11.8. The van der Waals surface area contributed by atoms with Crippen LogP contribution in [0, 0.1) is 17.0 Å². The molecule has 2 N–H and O–H groups in total. The minimum Gasteiger partial charge on any atom is -0.490 e. The van der Waals surface area contributed by atoms with Crippen LogP contribution in [0.15, 0.2) is 48.8 Å². The maximum Gasteiger partial charge on any atom is 0.287 e. The molecule has 0 unspecified atom stereocenters. The summed E-state index contributed by atoms with van der Waals surface area (Å²) in [5, 5.41) is 31.9. The third kappa shape index (κ3) is 3.57. The van der Waals surface area contributed by atoms with Crippen LogP contribution in [0.1, 0.15) is 30.4 Å². The minimum atomic E-state index is -3.78. The lowest BCUT2D eigenvalue weighted by Gasteiger charge is -2.74. The van der Waals surface area contributed by atoms with E-state index in [4.69, 9.17) is 9.47 Å². The van der Waals surface area contributed by atoms with E-state index in [1.54, 1.807) is 12.1 Å². The Bertz CT molecular complexity index is 1300. The van der Waals surface area contributed by atoms with Crippen LogP contribution in [-0.4, -0.2) is 61.8 Å². The highest BCUT2D eigenvalue weighted by atomic mass is 19.3. The number of aliphatic hydroxyl groups is 2. The summed E-state index contributed by atoms with van der Waals surface area (Å²) >= 11 is 0. The van der Waals surface area contributed by atoms with Crippen molar-refractivity contribution in [3.05, 3.63) is 71.6 Å². The predicted molar refractivity (Wildman–Crippen MR) is 119 cm³/mol. The second-order valence-electron chi connectivity index (χ2n) is 10.7. The molecule has 0 radical (unpaired) electrons. The van der Waals surface area contributed by atoms with Gasteiger partial charge in [-0.3, -0.25) is 0 Å². The van der Waals surface area contributed by atoms with Crippen molar-refractivity contribution in [3.8, 4) is 5.75 Å². The van der Waals surface area contributed by atoms with Gasteiger partial charge < -0.3 is 19.7 Å². The molecule has 3 aliphatic carbocycles. The van der Waals surface area contributed by atoms with Crippen molar-refractivity contribution in [1.82, 2.24) is 20.2 Å². The van der Waals surface area contributed by atoms with Crippen LogP contribution in [0.25, 0.3) is 0 Å². The summed E-state index contributed by atoms with van der Waals surface area (Å²) in [7, 11) is 0. The summed E-state index contributed by atoms with van der Waals surface area (Å²) in [4.78, 5) is 0. The number of tetrazole rings is 1. The van der Waals surface area contributed by atoms with Crippen LogP contribution in [0.4, 0.5) is 17.6 Å². The molecule has 7 rings (SSSR count). The molecule has 1 saturated heterocycles. The van der Waals surface area contributed by atoms with Gasteiger partial charge in [0.15, 0.2) is 5.60 Å². The van der Waals surface area contributed by atoms with Gasteiger partial charge in [-0.25, -0.2) is 22.2 Å². The largest absolute Gasteiger partial charge is 0.490 e. The Labute approximate surface area is 208 Å². The molecule has 0 amide bonds. The molecule has 196 valence electrons. The maximum absolute atomic E-state index is 16.3. The summed E-state index contributed by atoms with van der Waals surface area (Å²) in [5.41, 5.74) is -5.92. The smallest absolute Gasteiger partial charge is 0.287 e. The van der Waals surface area contributed by atoms with E-state index in [1.165, 1.54) is 0 Å². The molecule has 2 heterocycles. The predicted octanol–water partition coefficient (Wildman–Crippen LogP) is 2.74. The zero-order chi connectivity index (χ0) is 26.1. The van der Waals surface area contributed by atoms with Gasteiger partial charge in [-0.1, -0.05) is 12.1 Å². The number of aromatic nitrogens is 4. The third-order valence-electron chi connectivity index (χ3n) is 8.09. The van der Waals surface area contributed by atoms with Crippen LogP contribution in [0.2, 0.25) is 0 Å². The van der Waals surface area contributed by atoms with Gasteiger partial charge in [-0.2, -0.15) is 0 Å². The molecule has 1 aromatic heterocycles. The first-order chi connectivity index (χ1) is 17.5. The molecule has 8 nitrogen and oxygen atoms in total. The van der Waals surface area contributed by atoms with E-state index in [2.05, 4.69) is 15.5 Å². The van der Waals surface area contributed by atoms with E-state index in [9.17, 15) is 19.0 Å². The van der Waals surface area contributed by atoms with E-state index < -0.39 is 51.7 Å². The van der Waals surface area contributed by atoms with Gasteiger partial charge in [-0.05, 0) is 64.9 Å². The number of ether oxygens (including phenoxy) is 2. The van der Waals surface area contributed by atoms with Gasteiger partial charge >= 0.3 is 0 Å².